The molecule has 0 aliphatic carbocycles. The van der Waals surface area contributed by atoms with Crippen molar-refractivity contribution < 1.29 is 63.0 Å². The first-order valence-corrected chi connectivity index (χ1v) is 8.51. The minimum atomic E-state index is -1.18. The number of nitrogens with zero attached hydrogens (tertiary/aromatic N) is 1. The largest absolute Gasteiger partial charge is 1.00 e. The fourth-order valence-electron chi connectivity index (χ4n) is 2.37. The Hall–Kier alpha value is -2.92. The number of ether oxygens (including phenoxy) is 3. The maximum absolute atomic E-state index is 11.7. The number of aliphatic carboxylic acids is 1. The van der Waals surface area contributed by atoms with Crippen molar-refractivity contribution in [1.82, 2.24) is 0 Å². The zero-order chi connectivity index (χ0) is 22.1. The molecule has 0 unspecified atom stereocenters. The molecule has 0 bridgehead atoms. The van der Waals surface area contributed by atoms with Crippen molar-refractivity contribution in [3.63, 3.8) is 0 Å². The molecule has 0 radical (unpaired) electrons. The van der Waals surface area contributed by atoms with Gasteiger partial charge < -0.3 is 28.5 Å². The van der Waals surface area contributed by atoms with E-state index in [0.717, 1.165) is 5.56 Å². The molecule has 0 spiro atoms. The van der Waals surface area contributed by atoms with Gasteiger partial charge in [0, 0.05) is 24.6 Å². The van der Waals surface area contributed by atoms with Crippen molar-refractivity contribution in [2.75, 3.05) is 20.8 Å². The first kappa shape index (κ1) is 26.1. The van der Waals surface area contributed by atoms with Crippen LogP contribution in [0.5, 0.6) is 11.5 Å². The summed E-state index contributed by atoms with van der Waals surface area (Å²) < 4.78 is 19.7. The molecule has 0 amide bonds. The van der Waals surface area contributed by atoms with Crippen LogP contribution in [0.25, 0.3) is 11.0 Å². The Balaban J connectivity index is 0.000000607. The fourth-order valence-corrected chi connectivity index (χ4v) is 2.37. The number of carbonyl (C=O) groups is 1. The standard InChI is InChI=1S/C17H13NO6.C3H6O3.Na/c1-22-16-8-12-7-13(18(20)21)15(9-14(12)24-17(16)19)23-10-11-5-3-2-4-6-11;1-6-2-3(4)5;/h2-9H,10H2,1H3;2H2,1H3,(H,4,5);/q;;+1/p-1. The summed E-state index contributed by atoms with van der Waals surface area (Å²) in [7, 11) is 2.62. The van der Waals surface area contributed by atoms with Crippen LogP contribution in [0.1, 0.15) is 5.56 Å². The molecule has 0 aliphatic heterocycles. The third-order valence-electron chi connectivity index (χ3n) is 3.70. The van der Waals surface area contributed by atoms with Crippen LogP contribution in [0.15, 0.2) is 57.7 Å². The molecule has 1 aromatic heterocycles. The van der Waals surface area contributed by atoms with Crippen molar-refractivity contribution >= 4 is 22.6 Å². The van der Waals surface area contributed by atoms with E-state index in [0.29, 0.717) is 5.39 Å². The van der Waals surface area contributed by atoms with Crippen LogP contribution in [0.2, 0.25) is 0 Å². The summed E-state index contributed by atoms with van der Waals surface area (Å²) in [6.07, 6.45) is 0. The number of hydrogen-bond acceptors (Lipinski definition) is 9. The van der Waals surface area contributed by atoms with Gasteiger partial charge in [-0.2, -0.15) is 0 Å². The molecule has 0 fully saturated rings. The van der Waals surface area contributed by atoms with Gasteiger partial charge in [0.15, 0.2) is 0 Å². The van der Waals surface area contributed by atoms with Gasteiger partial charge in [0.2, 0.25) is 11.5 Å². The van der Waals surface area contributed by atoms with Gasteiger partial charge in [-0.3, -0.25) is 10.1 Å². The average Bonchev–Trinajstić information content (AvgIpc) is 2.72. The van der Waals surface area contributed by atoms with Crippen LogP contribution in [-0.2, 0) is 16.1 Å². The Bertz CT molecular complexity index is 1080. The topological polar surface area (TPSA) is 141 Å². The normalized spacial score (nSPS) is 9.74. The fraction of sp³-hybridized carbons (Fsp3) is 0.200. The SMILES string of the molecule is COCC(=O)[O-].COc1cc2cc([N+](=O)[O-])c(OCc3ccccc3)cc2oc1=O.[Na+]. The third-order valence-corrected chi connectivity index (χ3v) is 3.70. The number of carboxylic acid groups (broad SMARTS) is 1. The quantitative estimate of drug-likeness (QED) is 0.190. The monoisotopic (exact) mass is 439 g/mol. The first-order chi connectivity index (χ1) is 14.3. The van der Waals surface area contributed by atoms with Crippen molar-refractivity contribution in [3.05, 3.63) is 74.6 Å². The average molecular weight is 439 g/mol. The maximum Gasteiger partial charge on any atom is 1.00 e. The molecule has 158 valence electrons. The molecule has 0 atom stereocenters. The third kappa shape index (κ3) is 7.68. The summed E-state index contributed by atoms with van der Waals surface area (Å²) in [4.78, 5) is 31.8. The second kappa shape index (κ2) is 12.7. The number of hydrogen-bond donors (Lipinski definition) is 0. The van der Waals surface area contributed by atoms with Gasteiger partial charge in [-0.15, -0.1) is 0 Å². The number of nitro benzene ring substituents is 1. The summed E-state index contributed by atoms with van der Waals surface area (Å²) in [5.41, 5.74) is 0.180. The maximum atomic E-state index is 11.7. The Morgan fingerprint density at radius 1 is 1.10 bits per heavy atom. The number of carbonyl (C=O) groups excluding carboxylic acids is 1. The summed E-state index contributed by atoms with van der Waals surface area (Å²) in [6, 6.07) is 13.3. The molecule has 0 saturated heterocycles. The molecule has 11 heteroatoms. The van der Waals surface area contributed by atoms with Gasteiger partial charge in [-0.1, -0.05) is 30.3 Å². The second-order valence-electron chi connectivity index (χ2n) is 5.80. The van der Waals surface area contributed by atoms with Gasteiger partial charge >= 0.3 is 40.9 Å². The number of fused-ring (bicyclic) bond motifs is 1. The Morgan fingerprint density at radius 3 is 2.29 bits per heavy atom. The van der Waals surface area contributed by atoms with E-state index >= 15 is 0 Å². The van der Waals surface area contributed by atoms with E-state index in [1.54, 1.807) is 0 Å². The summed E-state index contributed by atoms with van der Waals surface area (Å²) in [5, 5.41) is 21.0. The Kier molecular flexibility index (Phi) is 10.7. The number of methoxy groups -OCH3 is 2. The summed E-state index contributed by atoms with van der Waals surface area (Å²) in [6.45, 7) is -0.159. The van der Waals surface area contributed by atoms with Crippen molar-refractivity contribution in [1.29, 1.82) is 0 Å². The summed E-state index contributed by atoms with van der Waals surface area (Å²) in [5.74, 6) is -1.17. The predicted octanol–water partition coefficient (Wildman–Crippen LogP) is -1.32. The molecule has 0 N–H and O–H groups in total. The van der Waals surface area contributed by atoms with Crippen molar-refractivity contribution in [2.45, 2.75) is 6.61 Å². The van der Waals surface area contributed by atoms with Crippen LogP contribution in [-0.4, -0.2) is 31.7 Å². The van der Waals surface area contributed by atoms with Gasteiger partial charge in [0.05, 0.1) is 24.6 Å². The van der Waals surface area contributed by atoms with E-state index in [1.807, 2.05) is 30.3 Å². The Labute approximate surface area is 198 Å². The molecule has 1 heterocycles. The predicted molar refractivity (Wildman–Crippen MR) is 103 cm³/mol. The van der Waals surface area contributed by atoms with Crippen LogP contribution in [0.3, 0.4) is 0 Å². The summed E-state index contributed by atoms with van der Waals surface area (Å²) >= 11 is 0. The van der Waals surface area contributed by atoms with Gasteiger partial charge in [-0.05, 0) is 11.6 Å². The van der Waals surface area contributed by atoms with E-state index in [2.05, 4.69) is 4.74 Å². The molecule has 31 heavy (non-hydrogen) atoms. The number of benzene rings is 2. The van der Waals surface area contributed by atoms with E-state index in [1.165, 1.54) is 32.4 Å². The zero-order valence-corrected chi connectivity index (χ0v) is 19.2. The van der Waals surface area contributed by atoms with E-state index in [9.17, 15) is 24.8 Å². The van der Waals surface area contributed by atoms with Crippen LogP contribution in [0, 0.1) is 10.1 Å². The zero-order valence-electron chi connectivity index (χ0n) is 17.2. The van der Waals surface area contributed by atoms with Crippen molar-refractivity contribution in [3.8, 4) is 11.5 Å². The number of rotatable bonds is 7. The molecular weight excluding hydrogens is 421 g/mol. The molecule has 0 saturated carbocycles. The second-order valence-corrected chi connectivity index (χ2v) is 5.80. The minimum Gasteiger partial charge on any atom is -0.548 e. The number of nitro groups is 1. The van der Waals surface area contributed by atoms with E-state index in [4.69, 9.17) is 13.9 Å². The minimum absolute atomic E-state index is 0. The smallest absolute Gasteiger partial charge is 0.548 e. The van der Waals surface area contributed by atoms with Crippen molar-refractivity contribution in [2.24, 2.45) is 0 Å². The Morgan fingerprint density at radius 2 is 1.77 bits per heavy atom. The molecule has 0 aliphatic rings. The van der Waals surface area contributed by atoms with Crippen LogP contribution >= 0.6 is 0 Å². The molecule has 3 rings (SSSR count). The van der Waals surface area contributed by atoms with Gasteiger partial charge in [0.25, 0.3) is 0 Å². The molecule has 10 nitrogen and oxygen atoms in total. The van der Waals surface area contributed by atoms with Gasteiger partial charge in [0.1, 0.15) is 12.2 Å². The number of carboxylic acids is 1. The van der Waals surface area contributed by atoms with Crippen LogP contribution < -0.4 is 49.8 Å². The molecular formula is C20H18NNaO9. The first-order valence-electron chi connectivity index (χ1n) is 8.51. The molecule has 3 aromatic rings. The van der Waals surface area contributed by atoms with Gasteiger partial charge in [-0.25, -0.2) is 4.79 Å². The molecule has 2 aromatic carbocycles. The van der Waals surface area contributed by atoms with E-state index in [-0.39, 0.29) is 65.5 Å². The van der Waals surface area contributed by atoms with E-state index < -0.39 is 16.5 Å². The van der Waals surface area contributed by atoms with Crippen LogP contribution in [0.4, 0.5) is 5.69 Å².